The van der Waals surface area contributed by atoms with Crippen molar-refractivity contribution in [2.45, 2.75) is 89.2 Å². The van der Waals surface area contributed by atoms with E-state index in [0.29, 0.717) is 12.2 Å². The van der Waals surface area contributed by atoms with Gasteiger partial charge in [-0.2, -0.15) is 0 Å². The Morgan fingerprint density at radius 1 is 1.00 bits per heavy atom. The molecule has 0 rings (SSSR count). The standard InChI is InChI=1S/C20H36O3S/c1-3-4-5-6-7-8-9-10-11-12-13-14-15-19(18-21)24-17-16-20(22)23-2/h14-15,18-19H,3-13,16-17H2,1-2H3. The molecule has 4 heteroatoms. The largest absolute Gasteiger partial charge is 0.469 e. The van der Waals surface area contributed by atoms with Gasteiger partial charge in [0.1, 0.15) is 6.29 Å². The third kappa shape index (κ3) is 16.1. The number of thioether (sulfide) groups is 1. The second-order valence-electron chi connectivity index (χ2n) is 6.20. The van der Waals surface area contributed by atoms with E-state index in [2.05, 4.69) is 17.7 Å². The van der Waals surface area contributed by atoms with Gasteiger partial charge in [-0.05, 0) is 12.8 Å². The lowest BCUT2D eigenvalue weighted by Gasteiger charge is -2.04. The van der Waals surface area contributed by atoms with Crippen LogP contribution >= 0.6 is 11.8 Å². The Kier molecular flexibility index (Phi) is 18.0. The van der Waals surface area contributed by atoms with Gasteiger partial charge in [-0.1, -0.05) is 76.9 Å². The van der Waals surface area contributed by atoms with E-state index in [0.717, 1.165) is 12.7 Å². The Balaban J connectivity index is 3.45. The number of aldehydes is 1. The fourth-order valence-corrected chi connectivity index (χ4v) is 3.36. The Hall–Kier alpha value is -0.770. The fraction of sp³-hybridized carbons (Fsp3) is 0.800. The highest BCUT2D eigenvalue weighted by Crippen LogP contribution is 2.14. The van der Waals surface area contributed by atoms with Crippen molar-refractivity contribution in [2.75, 3.05) is 12.9 Å². The van der Waals surface area contributed by atoms with E-state index < -0.39 is 0 Å². The molecule has 0 fully saturated rings. The molecule has 24 heavy (non-hydrogen) atoms. The first-order valence-electron chi connectivity index (χ1n) is 9.55. The summed E-state index contributed by atoms with van der Waals surface area (Å²) in [5, 5.41) is -0.141. The number of ether oxygens (including phenoxy) is 1. The Labute approximate surface area is 153 Å². The minimum atomic E-state index is -0.221. The molecule has 0 saturated heterocycles. The fourth-order valence-electron chi connectivity index (χ4n) is 2.50. The van der Waals surface area contributed by atoms with E-state index in [-0.39, 0.29) is 11.2 Å². The summed E-state index contributed by atoms with van der Waals surface area (Å²) in [7, 11) is 1.39. The first-order chi connectivity index (χ1) is 11.7. The lowest BCUT2D eigenvalue weighted by molar-refractivity contribution is -0.140. The first kappa shape index (κ1) is 23.2. The molecule has 1 unspecified atom stereocenters. The lowest BCUT2D eigenvalue weighted by atomic mass is 10.1. The summed E-state index contributed by atoms with van der Waals surface area (Å²) < 4.78 is 4.58. The zero-order chi connectivity index (χ0) is 17.9. The molecule has 0 heterocycles. The molecule has 0 N–H and O–H groups in total. The van der Waals surface area contributed by atoms with Gasteiger partial charge in [-0.3, -0.25) is 4.79 Å². The van der Waals surface area contributed by atoms with Gasteiger partial charge in [0.25, 0.3) is 0 Å². The second kappa shape index (κ2) is 18.6. The topological polar surface area (TPSA) is 43.4 Å². The molecule has 0 saturated carbocycles. The molecule has 0 amide bonds. The zero-order valence-electron chi connectivity index (χ0n) is 15.6. The number of unbranched alkanes of at least 4 members (excludes halogenated alkanes) is 10. The molecule has 0 spiro atoms. The maximum atomic E-state index is 11.0. The third-order valence-corrected chi connectivity index (χ3v) is 5.12. The zero-order valence-corrected chi connectivity index (χ0v) is 16.5. The van der Waals surface area contributed by atoms with E-state index >= 15 is 0 Å². The van der Waals surface area contributed by atoms with E-state index in [1.807, 2.05) is 6.08 Å². The van der Waals surface area contributed by atoms with Gasteiger partial charge < -0.3 is 9.53 Å². The van der Waals surface area contributed by atoms with Gasteiger partial charge >= 0.3 is 5.97 Å². The van der Waals surface area contributed by atoms with Crippen LogP contribution < -0.4 is 0 Å². The number of esters is 1. The minimum absolute atomic E-state index is 0.141. The molecular formula is C20H36O3S. The van der Waals surface area contributed by atoms with Crippen molar-refractivity contribution in [3.8, 4) is 0 Å². The molecule has 0 aromatic heterocycles. The molecule has 0 aliphatic heterocycles. The summed E-state index contributed by atoms with van der Waals surface area (Å²) in [5.74, 6) is 0.403. The maximum Gasteiger partial charge on any atom is 0.306 e. The van der Waals surface area contributed by atoms with Crippen LogP contribution in [0.2, 0.25) is 0 Å². The molecule has 0 aliphatic carbocycles. The van der Waals surface area contributed by atoms with E-state index in [9.17, 15) is 9.59 Å². The summed E-state index contributed by atoms with van der Waals surface area (Å²) in [6.45, 7) is 2.26. The van der Waals surface area contributed by atoms with Gasteiger partial charge in [-0.15, -0.1) is 11.8 Å². The maximum absolute atomic E-state index is 11.0. The second-order valence-corrected chi connectivity index (χ2v) is 7.48. The van der Waals surface area contributed by atoms with Gasteiger partial charge in [0, 0.05) is 5.75 Å². The number of rotatable bonds is 17. The van der Waals surface area contributed by atoms with Crippen LogP contribution in [-0.4, -0.2) is 30.4 Å². The Morgan fingerprint density at radius 3 is 2.12 bits per heavy atom. The molecule has 0 aromatic rings. The summed E-state index contributed by atoms with van der Waals surface area (Å²) in [6, 6.07) is 0. The predicted octanol–water partition coefficient (Wildman–Crippen LogP) is 5.72. The van der Waals surface area contributed by atoms with Crippen molar-refractivity contribution in [1.29, 1.82) is 0 Å². The number of carbonyl (C=O) groups excluding carboxylic acids is 2. The van der Waals surface area contributed by atoms with Crippen molar-refractivity contribution in [2.24, 2.45) is 0 Å². The molecule has 0 radical (unpaired) electrons. The number of carbonyl (C=O) groups is 2. The monoisotopic (exact) mass is 356 g/mol. The summed E-state index contributed by atoms with van der Waals surface area (Å²) >= 11 is 1.49. The number of hydrogen-bond donors (Lipinski definition) is 0. The SMILES string of the molecule is CCCCCCCCCCCCC=CC(C=O)SCCC(=O)OC. The number of hydrogen-bond acceptors (Lipinski definition) is 4. The van der Waals surface area contributed by atoms with Crippen LogP contribution in [-0.2, 0) is 14.3 Å². The van der Waals surface area contributed by atoms with E-state index in [4.69, 9.17) is 0 Å². The van der Waals surface area contributed by atoms with Crippen molar-refractivity contribution < 1.29 is 14.3 Å². The van der Waals surface area contributed by atoms with Crippen LogP contribution in [0.15, 0.2) is 12.2 Å². The van der Waals surface area contributed by atoms with Gasteiger partial charge in [0.15, 0.2) is 0 Å². The predicted molar refractivity (Wildman–Crippen MR) is 105 cm³/mol. The third-order valence-electron chi connectivity index (χ3n) is 4.03. The van der Waals surface area contributed by atoms with E-state index in [1.165, 1.54) is 83.1 Å². The summed E-state index contributed by atoms with van der Waals surface area (Å²) in [5.41, 5.74) is 0. The highest BCUT2D eigenvalue weighted by atomic mass is 32.2. The number of allylic oxidation sites excluding steroid dienone is 1. The minimum Gasteiger partial charge on any atom is -0.469 e. The first-order valence-corrected chi connectivity index (χ1v) is 10.6. The van der Waals surface area contributed by atoms with Gasteiger partial charge in [-0.25, -0.2) is 0 Å². The van der Waals surface area contributed by atoms with E-state index in [1.54, 1.807) is 0 Å². The highest BCUT2D eigenvalue weighted by molar-refractivity contribution is 8.00. The smallest absolute Gasteiger partial charge is 0.306 e. The lowest BCUT2D eigenvalue weighted by Crippen LogP contribution is -2.05. The molecule has 0 aliphatic rings. The van der Waals surface area contributed by atoms with Crippen LogP contribution in [0.25, 0.3) is 0 Å². The van der Waals surface area contributed by atoms with Crippen LogP contribution in [0, 0.1) is 0 Å². The van der Waals surface area contributed by atoms with Crippen LogP contribution in [0.1, 0.15) is 84.0 Å². The van der Waals surface area contributed by atoms with Crippen molar-refractivity contribution in [3.63, 3.8) is 0 Å². The summed E-state index contributed by atoms with van der Waals surface area (Å²) in [4.78, 5) is 22.0. The van der Waals surface area contributed by atoms with Crippen LogP contribution in [0.5, 0.6) is 0 Å². The highest BCUT2D eigenvalue weighted by Gasteiger charge is 2.05. The normalized spacial score (nSPS) is 12.4. The number of methoxy groups -OCH3 is 1. The van der Waals surface area contributed by atoms with Crippen molar-refractivity contribution in [3.05, 3.63) is 12.2 Å². The molecular weight excluding hydrogens is 320 g/mol. The van der Waals surface area contributed by atoms with Crippen LogP contribution in [0.4, 0.5) is 0 Å². The average molecular weight is 357 g/mol. The van der Waals surface area contributed by atoms with Crippen LogP contribution in [0.3, 0.4) is 0 Å². The molecule has 0 aromatic carbocycles. The molecule has 0 bridgehead atoms. The van der Waals surface area contributed by atoms with Crippen molar-refractivity contribution in [1.82, 2.24) is 0 Å². The quantitative estimate of drug-likeness (QED) is 0.145. The van der Waals surface area contributed by atoms with Gasteiger partial charge in [0.05, 0.1) is 18.8 Å². The summed E-state index contributed by atoms with van der Waals surface area (Å²) in [6.07, 6.45) is 19.8. The Morgan fingerprint density at radius 2 is 1.58 bits per heavy atom. The average Bonchev–Trinajstić information content (AvgIpc) is 2.60. The molecule has 1 atom stereocenters. The van der Waals surface area contributed by atoms with Gasteiger partial charge in [0.2, 0.25) is 0 Å². The van der Waals surface area contributed by atoms with Crippen molar-refractivity contribution >= 4 is 24.0 Å². The molecule has 140 valence electrons. The molecule has 3 nitrogen and oxygen atoms in total. The Bertz CT molecular complexity index is 329.